The molecule has 5 rings (SSSR count). The van der Waals surface area contributed by atoms with Gasteiger partial charge in [-0.15, -0.1) is 0 Å². The molecule has 9 heteroatoms. The molecular weight excluding hydrogens is 461 g/mol. The second-order valence-corrected chi connectivity index (χ2v) is 11.7. The second kappa shape index (κ2) is 8.46. The summed E-state index contributed by atoms with van der Waals surface area (Å²) in [6.07, 6.45) is 3.73. The second-order valence-electron chi connectivity index (χ2n) is 11.7. The van der Waals surface area contributed by atoms with Crippen molar-refractivity contribution < 1.29 is 28.0 Å². The zero-order chi connectivity index (χ0) is 25.2. The van der Waals surface area contributed by atoms with E-state index in [1.54, 1.807) is 0 Å². The zero-order valence-electron chi connectivity index (χ0n) is 20.2. The number of aliphatic hydroxyl groups is 1. The highest BCUT2D eigenvalue weighted by molar-refractivity contribution is 5.85. The summed E-state index contributed by atoms with van der Waals surface area (Å²) in [5.41, 5.74) is -0.863. The van der Waals surface area contributed by atoms with Crippen LogP contribution in [0.4, 0.5) is 18.9 Å². The summed E-state index contributed by atoms with van der Waals surface area (Å²) in [4.78, 5) is 15.3. The number of benzene rings is 1. The Kier molecular flexibility index (Phi) is 5.93. The molecule has 1 aromatic carbocycles. The van der Waals surface area contributed by atoms with Crippen LogP contribution < -0.4 is 4.84 Å². The maximum absolute atomic E-state index is 13.5. The van der Waals surface area contributed by atoms with Crippen molar-refractivity contribution in [1.82, 2.24) is 0 Å². The molecule has 4 aliphatic carbocycles. The number of hydrogen-bond acceptors (Lipinski definition) is 5. The lowest BCUT2D eigenvalue weighted by Gasteiger charge is -2.60. The largest absolute Gasteiger partial charge is 0.420 e. The van der Waals surface area contributed by atoms with Gasteiger partial charge in [0.1, 0.15) is 5.56 Å². The molecule has 192 valence electrons. The van der Waals surface area contributed by atoms with Crippen LogP contribution in [-0.4, -0.2) is 21.8 Å². The van der Waals surface area contributed by atoms with Crippen molar-refractivity contribution in [2.75, 3.05) is 0 Å². The van der Waals surface area contributed by atoms with Crippen LogP contribution in [0.3, 0.4) is 0 Å². The van der Waals surface area contributed by atoms with E-state index in [0.717, 1.165) is 62.8 Å². The summed E-state index contributed by atoms with van der Waals surface area (Å²) in [6, 6.07) is 2.46. The maximum atomic E-state index is 13.5. The molecule has 0 bridgehead atoms. The Morgan fingerprint density at radius 1 is 1.09 bits per heavy atom. The lowest BCUT2D eigenvalue weighted by Crippen LogP contribution is -2.54. The summed E-state index contributed by atoms with van der Waals surface area (Å²) < 4.78 is 40.4. The van der Waals surface area contributed by atoms with Crippen molar-refractivity contribution in [3.8, 4) is 5.75 Å². The molecule has 0 unspecified atom stereocenters. The molecule has 6 nitrogen and oxygen atoms in total. The van der Waals surface area contributed by atoms with E-state index in [4.69, 9.17) is 4.84 Å². The van der Waals surface area contributed by atoms with Crippen LogP contribution >= 0.6 is 0 Å². The van der Waals surface area contributed by atoms with E-state index in [1.807, 2.05) is 0 Å². The fourth-order valence-corrected chi connectivity index (χ4v) is 8.16. The smallest absolute Gasteiger partial charge is 0.393 e. The van der Waals surface area contributed by atoms with Gasteiger partial charge in [0.25, 0.3) is 5.69 Å². The maximum Gasteiger partial charge on any atom is 0.420 e. The third kappa shape index (κ3) is 4.03. The highest BCUT2D eigenvalue weighted by Gasteiger charge is 2.59. The van der Waals surface area contributed by atoms with Gasteiger partial charge in [-0.05, 0) is 98.4 Å². The third-order valence-electron chi connectivity index (χ3n) is 10.2. The minimum absolute atomic E-state index is 0.0421. The number of nitrogens with zero attached hydrogens (tertiary/aromatic N) is 2. The first-order chi connectivity index (χ1) is 16.4. The molecule has 0 spiro atoms. The molecule has 0 aromatic heterocycles. The molecule has 7 atom stereocenters. The van der Waals surface area contributed by atoms with Crippen molar-refractivity contribution in [3.05, 3.63) is 33.9 Å². The Morgan fingerprint density at radius 3 is 2.54 bits per heavy atom. The summed E-state index contributed by atoms with van der Waals surface area (Å²) in [5, 5.41) is 25.7. The lowest BCUT2D eigenvalue weighted by molar-refractivity contribution is -0.385. The summed E-state index contributed by atoms with van der Waals surface area (Å²) >= 11 is 0. The number of fused-ring (bicyclic) bond motifs is 5. The molecule has 0 saturated heterocycles. The van der Waals surface area contributed by atoms with E-state index in [0.29, 0.717) is 42.6 Å². The summed E-state index contributed by atoms with van der Waals surface area (Å²) in [6.45, 7) is 4.66. The molecule has 0 amide bonds. The molecule has 35 heavy (non-hydrogen) atoms. The standard InChI is InChI=1S/C26H33F3N2O4/c1-24-11-9-16(30-35-22-7-4-17(31(33)34)14-21(22)26(27,28)29)13-15(24)3-5-18-19-6-8-23(32)25(19,2)12-10-20(18)24/h4,7,14-15,18-20,23,32H,3,5-6,8-13H2,1-2H3/b30-16+/t15-,18-,19-,20-,23-,24-,25-/m0/s1. The van der Waals surface area contributed by atoms with Gasteiger partial charge in [-0.25, -0.2) is 0 Å². The third-order valence-corrected chi connectivity index (χ3v) is 10.2. The average molecular weight is 495 g/mol. The Bertz CT molecular complexity index is 1040. The van der Waals surface area contributed by atoms with Gasteiger partial charge >= 0.3 is 6.18 Å². The van der Waals surface area contributed by atoms with Crippen molar-refractivity contribution in [2.45, 2.75) is 83.9 Å². The number of oxime groups is 1. The van der Waals surface area contributed by atoms with Gasteiger partial charge in [0, 0.05) is 12.1 Å². The van der Waals surface area contributed by atoms with Gasteiger partial charge in [0.05, 0.1) is 16.7 Å². The molecule has 1 N–H and O–H groups in total. The molecule has 0 heterocycles. The molecule has 4 aliphatic rings. The molecule has 4 saturated carbocycles. The number of aliphatic hydroxyl groups excluding tert-OH is 1. The van der Waals surface area contributed by atoms with Crippen molar-refractivity contribution >= 4 is 11.4 Å². The minimum atomic E-state index is -4.78. The van der Waals surface area contributed by atoms with Crippen LogP contribution in [0, 0.1) is 44.6 Å². The van der Waals surface area contributed by atoms with Gasteiger partial charge in [-0.3, -0.25) is 10.1 Å². The van der Waals surface area contributed by atoms with E-state index in [-0.39, 0.29) is 16.9 Å². The van der Waals surface area contributed by atoms with Crippen LogP contribution in [0.2, 0.25) is 0 Å². The number of alkyl halides is 3. The Balaban J connectivity index is 1.32. The number of nitro benzene ring substituents is 1. The predicted octanol–water partition coefficient (Wildman–Crippen LogP) is 6.75. The fourth-order valence-electron chi connectivity index (χ4n) is 8.16. The van der Waals surface area contributed by atoms with Crippen LogP contribution in [-0.2, 0) is 6.18 Å². The number of non-ortho nitro benzene ring substituents is 1. The first-order valence-electron chi connectivity index (χ1n) is 12.7. The number of nitro groups is 1. The van der Waals surface area contributed by atoms with Gasteiger partial charge < -0.3 is 9.94 Å². The van der Waals surface area contributed by atoms with Gasteiger partial charge in [0.2, 0.25) is 0 Å². The Hall–Kier alpha value is -2.16. The van der Waals surface area contributed by atoms with E-state index in [1.165, 1.54) is 0 Å². The van der Waals surface area contributed by atoms with E-state index < -0.39 is 28.1 Å². The van der Waals surface area contributed by atoms with E-state index in [9.17, 15) is 28.4 Å². The van der Waals surface area contributed by atoms with Gasteiger partial charge in [0.15, 0.2) is 5.75 Å². The fraction of sp³-hybridized carbons (Fsp3) is 0.731. The van der Waals surface area contributed by atoms with Gasteiger partial charge in [-0.1, -0.05) is 19.0 Å². The monoisotopic (exact) mass is 494 g/mol. The lowest BCUT2D eigenvalue weighted by atomic mass is 9.45. The highest BCUT2D eigenvalue weighted by atomic mass is 19.4. The Morgan fingerprint density at radius 2 is 1.83 bits per heavy atom. The highest BCUT2D eigenvalue weighted by Crippen LogP contribution is 2.66. The van der Waals surface area contributed by atoms with Gasteiger partial charge in [-0.2, -0.15) is 13.2 Å². The summed E-state index contributed by atoms with van der Waals surface area (Å²) in [5.74, 6) is 1.72. The van der Waals surface area contributed by atoms with Crippen LogP contribution in [0.15, 0.2) is 23.4 Å². The van der Waals surface area contributed by atoms with E-state index in [2.05, 4.69) is 19.0 Å². The van der Waals surface area contributed by atoms with Crippen LogP contribution in [0.1, 0.15) is 77.2 Å². The molecule has 0 aliphatic heterocycles. The first kappa shape index (κ1) is 24.5. The topological polar surface area (TPSA) is 85.0 Å². The van der Waals surface area contributed by atoms with Crippen LogP contribution in [0.25, 0.3) is 0 Å². The number of rotatable bonds is 3. The van der Waals surface area contributed by atoms with Crippen LogP contribution in [0.5, 0.6) is 5.75 Å². The summed E-state index contributed by atoms with van der Waals surface area (Å²) in [7, 11) is 0. The van der Waals surface area contributed by atoms with Crippen molar-refractivity contribution in [1.29, 1.82) is 0 Å². The number of halogens is 3. The van der Waals surface area contributed by atoms with E-state index >= 15 is 0 Å². The SMILES string of the molecule is C[C@]12CC/C(=N\Oc3ccc([N+](=O)[O-])cc3C(F)(F)F)C[C@@H]1CC[C@@H]1[C@@H]2CC[C@]2(C)[C@@H](O)CC[C@@H]12. The first-order valence-corrected chi connectivity index (χ1v) is 12.7. The zero-order valence-corrected chi connectivity index (χ0v) is 20.2. The normalized spacial score (nSPS) is 40.1. The average Bonchev–Trinajstić information content (AvgIpc) is 3.11. The van der Waals surface area contributed by atoms with Crippen molar-refractivity contribution in [3.63, 3.8) is 0 Å². The van der Waals surface area contributed by atoms with Crippen molar-refractivity contribution in [2.24, 2.45) is 39.7 Å². The predicted molar refractivity (Wildman–Crippen MR) is 124 cm³/mol. The Labute approximate surface area is 203 Å². The molecule has 4 fully saturated rings. The molecule has 0 radical (unpaired) electrons. The molecular formula is C26H33F3N2O4. The molecule has 1 aromatic rings. The quantitative estimate of drug-likeness (QED) is 0.372. The minimum Gasteiger partial charge on any atom is -0.393 e. The number of hydrogen-bond donors (Lipinski definition) is 1.